The molecule has 1 N–H and O–H groups in total. The fraction of sp³-hybridized carbons (Fsp3) is 0.318. The number of carbonyl (C=O) groups excluding carboxylic acids is 1. The number of sulfone groups is 1. The number of hydrogen-bond donors (Lipinski definition) is 1. The molecule has 1 fully saturated rings. The lowest BCUT2D eigenvalue weighted by Gasteiger charge is -2.30. The second-order valence-corrected chi connectivity index (χ2v) is 9.64. The third-order valence-corrected chi connectivity index (χ3v) is 5.97. The molecule has 0 spiro atoms. The van der Waals surface area contributed by atoms with E-state index in [2.05, 4.69) is 10.2 Å². The Labute approximate surface area is 170 Å². The summed E-state index contributed by atoms with van der Waals surface area (Å²) >= 11 is 0. The molecule has 6 nitrogen and oxygen atoms in total. The van der Waals surface area contributed by atoms with E-state index >= 15 is 0 Å². The highest BCUT2D eigenvalue weighted by Gasteiger charge is 2.24. The Morgan fingerprint density at radius 2 is 1.72 bits per heavy atom. The van der Waals surface area contributed by atoms with Crippen LogP contribution in [0.3, 0.4) is 0 Å². The number of rotatable bonds is 5. The topological polar surface area (TPSA) is 79.6 Å². The van der Waals surface area contributed by atoms with Crippen molar-refractivity contribution in [3.8, 4) is 0 Å². The van der Waals surface area contributed by atoms with Crippen molar-refractivity contribution in [2.75, 3.05) is 29.6 Å². The molecule has 0 saturated carbocycles. The molecule has 0 unspecified atom stereocenters. The van der Waals surface area contributed by atoms with Gasteiger partial charge in [-0.25, -0.2) is 8.42 Å². The molecule has 0 bridgehead atoms. The number of para-hydroxylation sites is 3. The summed E-state index contributed by atoms with van der Waals surface area (Å²) in [5, 5.41) is 3.59. The lowest BCUT2D eigenvalue weighted by Crippen LogP contribution is -2.30. The van der Waals surface area contributed by atoms with Gasteiger partial charge >= 0.3 is 0 Å². The molecule has 0 aliphatic carbocycles. The van der Waals surface area contributed by atoms with E-state index < -0.39 is 15.7 Å². The minimum absolute atomic E-state index is 0.0464. The van der Waals surface area contributed by atoms with Crippen molar-refractivity contribution in [1.82, 2.24) is 0 Å². The summed E-state index contributed by atoms with van der Waals surface area (Å²) in [5.74, 6) is -0.644. The third-order valence-electron chi connectivity index (χ3n) is 5.16. The van der Waals surface area contributed by atoms with Crippen LogP contribution < -0.4 is 10.2 Å². The van der Waals surface area contributed by atoms with Crippen LogP contribution in [0.15, 0.2) is 52.9 Å². The van der Waals surface area contributed by atoms with E-state index in [-0.39, 0.29) is 11.5 Å². The molecule has 1 saturated heterocycles. The Balaban J connectivity index is 1.69. The summed E-state index contributed by atoms with van der Waals surface area (Å²) in [7, 11) is -3.34. The largest absolute Gasteiger partial charge is 0.451 e. The number of furan rings is 1. The molecule has 152 valence electrons. The summed E-state index contributed by atoms with van der Waals surface area (Å²) in [6, 6.07) is 14.8. The monoisotopic (exact) mass is 412 g/mol. The second kappa shape index (κ2) is 7.91. The SMILES string of the molecule is CS(=O)(=O)Cc1c(C(=O)Nc2ccccc2N2CCCCC2)oc2ccccc12. The lowest BCUT2D eigenvalue weighted by atomic mass is 10.1. The number of carbonyl (C=O) groups is 1. The summed E-state index contributed by atoms with van der Waals surface area (Å²) in [4.78, 5) is 15.4. The van der Waals surface area contributed by atoms with Gasteiger partial charge in [0.05, 0.1) is 17.1 Å². The molecule has 7 heteroatoms. The first-order chi connectivity index (χ1) is 13.9. The molecule has 2 heterocycles. The molecule has 1 aliphatic rings. The molecule has 29 heavy (non-hydrogen) atoms. The van der Waals surface area contributed by atoms with Crippen molar-refractivity contribution in [2.24, 2.45) is 0 Å². The van der Waals surface area contributed by atoms with Gasteiger partial charge in [0.1, 0.15) is 5.58 Å². The minimum atomic E-state index is -3.34. The second-order valence-electron chi connectivity index (χ2n) is 7.49. The number of anilines is 2. The summed E-state index contributed by atoms with van der Waals surface area (Å²) in [6.07, 6.45) is 4.63. The lowest BCUT2D eigenvalue weighted by molar-refractivity contribution is 0.0998. The first-order valence-corrected chi connectivity index (χ1v) is 11.8. The molecule has 2 aromatic carbocycles. The molecule has 1 aliphatic heterocycles. The van der Waals surface area contributed by atoms with Crippen LogP contribution in [-0.4, -0.2) is 33.7 Å². The Morgan fingerprint density at radius 3 is 2.48 bits per heavy atom. The first kappa shape index (κ1) is 19.5. The third kappa shape index (κ3) is 4.29. The van der Waals surface area contributed by atoms with Crippen LogP contribution in [0.25, 0.3) is 11.0 Å². The van der Waals surface area contributed by atoms with Gasteiger partial charge in [-0.2, -0.15) is 0 Å². The van der Waals surface area contributed by atoms with E-state index in [4.69, 9.17) is 4.42 Å². The predicted octanol–water partition coefficient (Wildman–Crippen LogP) is 4.22. The zero-order valence-corrected chi connectivity index (χ0v) is 17.2. The number of fused-ring (bicyclic) bond motifs is 1. The smallest absolute Gasteiger partial charge is 0.291 e. The zero-order valence-electron chi connectivity index (χ0n) is 16.3. The van der Waals surface area contributed by atoms with Crippen molar-refractivity contribution in [3.05, 3.63) is 59.9 Å². The molecule has 1 amide bonds. The van der Waals surface area contributed by atoms with Crippen LogP contribution in [0.5, 0.6) is 0 Å². The molecule has 1 aromatic heterocycles. The quantitative estimate of drug-likeness (QED) is 0.679. The van der Waals surface area contributed by atoms with Gasteiger partial charge in [0.25, 0.3) is 5.91 Å². The molecule has 0 radical (unpaired) electrons. The van der Waals surface area contributed by atoms with E-state index in [9.17, 15) is 13.2 Å². The standard InChI is InChI=1S/C22H24N2O4S/c1-29(26,27)15-17-16-9-3-6-12-20(16)28-21(17)22(25)23-18-10-4-5-11-19(18)24-13-7-2-8-14-24/h3-6,9-12H,2,7-8,13-15H2,1H3,(H,23,25). The number of piperidine rings is 1. The van der Waals surface area contributed by atoms with Crippen LogP contribution >= 0.6 is 0 Å². The van der Waals surface area contributed by atoms with Gasteiger partial charge in [-0.1, -0.05) is 30.3 Å². The highest BCUT2D eigenvalue weighted by Crippen LogP contribution is 2.31. The van der Waals surface area contributed by atoms with Gasteiger partial charge in [-0.15, -0.1) is 0 Å². The zero-order chi connectivity index (χ0) is 20.4. The summed E-state index contributed by atoms with van der Waals surface area (Å²) in [5.41, 5.74) is 2.57. The van der Waals surface area contributed by atoms with Crippen molar-refractivity contribution in [3.63, 3.8) is 0 Å². The summed E-state index contributed by atoms with van der Waals surface area (Å²) in [6.45, 7) is 1.91. The van der Waals surface area contributed by atoms with Gasteiger partial charge in [0.2, 0.25) is 0 Å². The van der Waals surface area contributed by atoms with Gasteiger partial charge in [-0.3, -0.25) is 4.79 Å². The number of nitrogens with zero attached hydrogens (tertiary/aromatic N) is 1. The Bertz CT molecular complexity index is 1140. The highest BCUT2D eigenvalue weighted by atomic mass is 32.2. The van der Waals surface area contributed by atoms with E-state index in [1.54, 1.807) is 24.3 Å². The average molecular weight is 413 g/mol. The van der Waals surface area contributed by atoms with Crippen molar-refractivity contribution in [2.45, 2.75) is 25.0 Å². The van der Waals surface area contributed by atoms with Crippen LogP contribution in [0, 0.1) is 0 Å². The molecule has 3 aromatic rings. The molecule has 0 atom stereocenters. The Hall–Kier alpha value is -2.80. The van der Waals surface area contributed by atoms with Crippen molar-refractivity contribution < 1.29 is 17.6 Å². The van der Waals surface area contributed by atoms with E-state index in [0.717, 1.165) is 37.9 Å². The number of hydrogen-bond acceptors (Lipinski definition) is 5. The summed E-state index contributed by atoms with van der Waals surface area (Å²) < 4.78 is 29.7. The maximum absolute atomic E-state index is 13.1. The van der Waals surface area contributed by atoms with Crippen LogP contribution in [0.1, 0.15) is 35.4 Å². The fourth-order valence-corrected chi connectivity index (χ4v) is 4.67. The van der Waals surface area contributed by atoms with Gasteiger partial charge < -0.3 is 14.6 Å². The maximum Gasteiger partial charge on any atom is 0.291 e. The van der Waals surface area contributed by atoms with Crippen molar-refractivity contribution in [1.29, 1.82) is 0 Å². The average Bonchev–Trinajstić information content (AvgIpc) is 3.06. The van der Waals surface area contributed by atoms with Crippen LogP contribution in [-0.2, 0) is 15.6 Å². The molecular formula is C22H24N2O4S. The number of benzene rings is 2. The van der Waals surface area contributed by atoms with E-state index in [1.165, 1.54) is 6.42 Å². The first-order valence-electron chi connectivity index (χ1n) is 9.76. The van der Waals surface area contributed by atoms with E-state index in [1.807, 2.05) is 24.3 Å². The van der Waals surface area contributed by atoms with Crippen LogP contribution in [0.2, 0.25) is 0 Å². The minimum Gasteiger partial charge on any atom is -0.451 e. The molecule has 4 rings (SSSR count). The molecular weight excluding hydrogens is 388 g/mol. The Morgan fingerprint density at radius 1 is 1.03 bits per heavy atom. The maximum atomic E-state index is 13.1. The van der Waals surface area contributed by atoms with Gasteiger partial charge in [0.15, 0.2) is 15.6 Å². The predicted molar refractivity (Wildman–Crippen MR) is 115 cm³/mol. The van der Waals surface area contributed by atoms with Gasteiger partial charge in [0, 0.05) is 30.3 Å². The van der Waals surface area contributed by atoms with E-state index in [0.29, 0.717) is 22.2 Å². The fourth-order valence-electron chi connectivity index (χ4n) is 3.86. The number of nitrogens with one attached hydrogen (secondary N) is 1. The Kier molecular flexibility index (Phi) is 5.32. The van der Waals surface area contributed by atoms with Gasteiger partial charge in [-0.05, 0) is 37.5 Å². The number of amides is 1. The van der Waals surface area contributed by atoms with Crippen LogP contribution in [0.4, 0.5) is 11.4 Å². The van der Waals surface area contributed by atoms with Crippen molar-refractivity contribution >= 4 is 38.1 Å². The highest BCUT2D eigenvalue weighted by molar-refractivity contribution is 7.89. The normalized spacial score (nSPS) is 14.9.